The molecule has 0 bridgehead atoms. The van der Waals surface area contributed by atoms with E-state index in [2.05, 4.69) is 20.8 Å². The summed E-state index contributed by atoms with van der Waals surface area (Å²) in [5.41, 5.74) is 1.00. The summed E-state index contributed by atoms with van der Waals surface area (Å²) in [6.45, 7) is 2.04. The third-order valence-corrected chi connectivity index (χ3v) is 5.12. The number of ketones is 1. The van der Waals surface area contributed by atoms with Crippen LogP contribution in [0.15, 0.2) is 46.9 Å². The SMILES string of the molecule is CC(=O)c1ccccc1NC(=O)CSc1nnnn1Cc1cccs1. The molecule has 0 aliphatic heterocycles. The molecule has 1 aromatic carbocycles. The number of aromatic nitrogens is 4. The lowest BCUT2D eigenvalue weighted by Crippen LogP contribution is -2.16. The van der Waals surface area contributed by atoms with Gasteiger partial charge >= 0.3 is 0 Å². The molecule has 0 saturated carbocycles. The van der Waals surface area contributed by atoms with Gasteiger partial charge in [-0.2, -0.15) is 0 Å². The molecule has 1 N–H and O–H groups in total. The first-order valence-corrected chi connectivity index (χ1v) is 9.31. The van der Waals surface area contributed by atoms with Crippen molar-refractivity contribution in [2.45, 2.75) is 18.6 Å². The van der Waals surface area contributed by atoms with Gasteiger partial charge < -0.3 is 5.32 Å². The Kier molecular flexibility index (Phi) is 5.56. The summed E-state index contributed by atoms with van der Waals surface area (Å²) in [6, 6.07) is 10.9. The van der Waals surface area contributed by atoms with E-state index in [0.717, 1.165) is 4.88 Å². The average molecular weight is 373 g/mol. The van der Waals surface area contributed by atoms with Gasteiger partial charge in [0.1, 0.15) is 0 Å². The monoisotopic (exact) mass is 373 g/mol. The molecule has 0 fully saturated rings. The number of anilines is 1. The third-order valence-electron chi connectivity index (χ3n) is 3.30. The van der Waals surface area contributed by atoms with Gasteiger partial charge in [0.05, 0.1) is 18.0 Å². The zero-order valence-electron chi connectivity index (χ0n) is 13.4. The second-order valence-corrected chi connectivity index (χ2v) is 7.11. The highest BCUT2D eigenvalue weighted by atomic mass is 32.2. The molecule has 3 rings (SSSR count). The van der Waals surface area contributed by atoms with Gasteiger partial charge in [-0.25, -0.2) is 4.68 Å². The number of carbonyl (C=O) groups is 2. The number of amides is 1. The number of tetrazole rings is 1. The third kappa shape index (κ3) is 4.52. The predicted molar refractivity (Wildman–Crippen MR) is 97.0 cm³/mol. The van der Waals surface area contributed by atoms with E-state index in [0.29, 0.717) is 23.0 Å². The van der Waals surface area contributed by atoms with Crippen LogP contribution in [0.3, 0.4) is 0 Å². The summed E-state index contributed by atoms with van der Waals surface area (Å²) >= 11 is 2.88. The number of benzene rings is 1. The Labute approximate surface area is 152 Å². The van der Waals surface area contributed by atoms with E-state index < -0.39 is 0 Å². The standard InChI is InChI=1S/C16H15N5O2S2/c1-11(22)13-6-2-3-7-14(13)17-15(23)10-25-16-18-19-20-21(16)9-12-5-4-8-24-12/h2-8H,9-10H2,1H3,(H,17,23). The van der Waals surface area contributed by atoms with Crippen molar-refractivity contribution in [2.75, 3.05) is 11.1 Å². The number of rotatable bonds is 7. The summed E-state index contributed by atoms with van der Waals surface area (Å²) in [4.78, 5) is 24.9. The van der Waals surface area contributed by atoms with E-state index >= 15 is 0 Å². The van der Waals surface area contributed by atoms with E-state index in [1.807, 2.05) is 17.5 Å². The molecule has 9 heteroatoms. The summed E-state index contributed by atoms with van der Waals surface area (Å²) in [5, 5.41) is 16.9. The van der Waals surface area contributed by atoms with Gasteiger partial charge in [-0.1, -0.05) is 30.0 Å². The second-order valence-electron chi connectivity index (χ2n) is 5.14. The van der Waals surface area contributed by atoms with Crippen molar-refractivity contribution in [1.29, 1.82) is 0 Å². The van der Waals surface area contributed by atoms with E-state index in [4.69, 9.17) is 0 Å². The van der Waals surface area contributed by atoms with Crippen LogP contribution in [0, 0.1) is 0 Å². The van der Waals surface area contributed by atoms with Crippen LogP contribution in [0.5, 0.6) is 0 Å². The highest BCUT2D eigenvalue weighted by molar-refractivity contribution is 7.99. The predicted octanol–water partition coefficient (Wildman–Crippen LogP) is 2.72. The van der Waals surface area contributed by atoms with E-state index in [1.54, 1.807) is 40.3 Å². The zero-order valence-corrected chi connectivity index (χ0v) is 15.0. The Morgan fingerprint density at radius 2 is 2.08 bits per heavy atom. The van der Waals surface area contributed by atoms with E-state index in [1.165, 1.54) is 18.7 Å². The Hall–Kier alpha value is -2.52. The Morgan fingerprint density at radius 1 is 1.24 bits per heavy atom. The molecule has 1 amide bonds. The molecule has 25 heavy (non-hydrogen) atoms. The minimum Gasteiger partial charge on any atom is -0.325 e. The largest absolute Gasteiger partial charge is 0.325 e. The van der Waals surface area contributed by atoms with Crippen molar-refractivity contribution in [3.63, 3.8) is 0 Å². The van der Waals surface area contributed by atoms with Gasteiger partial charge in [0, 0.05) is 10.4 Å². The van der Waals surface area contributed by atoms with Crippen molar-refractivity contribution in [1.82, 2.24) is 20.2 Å². The number of hydrogen-bond acceptors (Lipinski definition) is 7. The van der Waals surface area contributed by atoms with Crippen LogP contribution < -0.4 is 5.32 Å². The molecule has 0 saturated heterocycles. The number of para-hydroxylation sites is 1. The van der Waals surface area contributed by atoms with Gasteiger partial charge in [-0.05, 0) is 40.9 Å². The maximum Gasteiger partial charge on any atom is 0.234 e. The van der Waals surface area contributed by atoms with Crippen molar-refractivity contribution < 1.29 is 9.59 Å². The first-order chi connectivity index (χ1) is 12.1. The quantitative estimate of drug-likeness (QED) is 0.506. The average Bonchev–Trinajstić information content (AvgIpc) is 3.26. The topological polar surface area (TPSA) is 89.8 Å². The highest BCUT2D eigenvalue weighted by Gasteiger charge is 2.13. The van der Waals surface area contributed by atoms with Crippen molar-refractivity contribution in [3.05, 3.63) is 52.2 Å². The molecule has 0 aliphatic carbocycles. The normalized spacial score (nSPS) is 10.6. The molecule has 7 nitrogen and oxygen atoms in total. The molecule has 2 aromatic heterocycles. The van der Waals surface area contributed by atoms with Crippen LogP contribution in [0.2, 0.25) is 0 Å². The number of nitrogens with one attached hydrogen (secondary N) is 1. The van der Waals surface area contributed by atoms with Crippen LogP contribution in [-0.4, -0.2) is 37.7 Å². The molecule has 0 radical (unpaired) electrons. The Balaban J connectivity index is 1.60. The number of carbonyl (C=O) groups excluding carboxylic acids is 2. The fourth-order valence-electron chi connectivity index (χ4n) is 2.16. The molecule has 128 valence electrons. The zero-order chi connectivity index (χ0) is 17.6. The van der Waals surface area contributed by atoms with Gasteiger partial charge in [0.2, 0.25) is 11.1 Å². The fraction of sp³-hybridized carbons (Fsp3) is 0.188. The second kappa shape index (κ2) is 8.04. The van der Waals surface area contributed by atoms with Crippen LogP contribution in [0.1, 0.15) is 22.2 Å². The summed E-state index contributed by atoms with van der Waals surface area (Å²) in [5.74, 6) is -0.162. The first kappa shape index (κ1) is 17.3. The molecule has 0 spiro atoms. The number of thiophene rings is 1. The molecule has 2 heterocycles. The highest BCUT2D eigenvalue weighted by Crippen LogP contribution is 2.19. The van der Waals surface area contributed by atoms with Crippen molar-refractivity contribution >= 4 is 40.5 Å². The van der Waals surface area contributed by atoms with Gasteiger partial charge in [-0.15, -0.1) is 16.4 Å². The molecule has 0 unspecified atom stereocenters. The van der Waals surface area contributed by atoms with Crippen LogP contribution in [0.4, 0.5) is 5.69 Å². The van der Waals surface area contributed by atoms with Crippen LogP contribution in [-0.2, 0) is 11.3 Å². The number of thioether (sulfide) groups is 1. The van der Waals surface area contributed by atoms with Crippen LogP contribution >= 0.6 is 23.1 Å². The first-order valence-electron chi connectivity index (χ1n) is 7.44. The maximum atomic E-state index is 12.2. The smallest absolute Gasteiger partial charge is 0.234 e. The molecule has 0 aliphatic rings. The minimum atomic E-state index is -0.218. The molecular formula is C16H15N5O2S2. The number of Topliss-reactive ketones (excluding diaryl/α,β-unsaturated/α-hetero) is 1. The minimum absolute atomic E-state index is 0.0940. The molecule has 0 atom stereocenters. The van der Waals surface area contributed by atoms with Gasteiger partial charge in [-0.3, -0.25) is 9.59 Å². The van der Waals surface area contributed by atoms with Gasteiger partial charge in [0.25, 0.3) is 0 Å². The van der Waals surface area contributed by atoms with Crippen molar-refractivity contribution in [2.24, 2.45) is 0 Å². The van der Waals surface area contributed by atoms with E-state index in [-0.39, 0.29) is 17.4 Å². The summed E-state index contributed by atoms with van der Waals surface area (Å²) in [6.07, 6.45) is 0. The maximum absolute atomic E-state index is 12.2. The van der Waals surface area contributed by atoms with Gasteiger partial charge in [0.15, 0.2) is 5.78 Å². The lowest BCUT2D eigenvalue weighted by atomic mass is 10.1. The summed E-state index contributed by atoms with van der Waals surface area (Å²) < 4.78 is 1.66. The number of hydrogen-bond donors (Lipinski definition) is 1. The number of nitrogens with zero attached hydrogens (tertiary/aromatic N) is 4. The lowest BCUT2D eigenvalue weighted by Gasteiger charge is -2.08. The summed E-state index contributed by atoms with van der Waals surface area (Å²) in [7, 11) is 0. The molecular weight excluding hydrogens is 358 g/mol. The lowest BCUT2D eigenvalue weighted by molar-refractivity contribution is -0.113. The Morgan fingerprint density at radius 3 is 2.84 bits per heavy atom. The van der Waals surface area contributed by atoms with Crippen LogP contribution in [0.25, 0.3) is 0 Å². The fourth-order valence-corrected chi connectivity index (χ4v) is 3.53. The Bertz CT molecular complexity index is 876. The molecule has 3 aromatic rings. The van der Waals surface area contributed by atoms with Crippen molar-refractivity contribution in [3.8, 4) is 0 Å². The van der Waals surface area contributed by atoms with E-state index in [9.17, 15) is 9.59 Å².